The predicted octanol–water partition coefficient (Wildman–Crippen LogP) is 3.82. The zero-order chi connectivity index (χ0) is 20.2. The number of hydrogen-bond donors (Lipinski definition) is 1. The lowest BCUT2D eigenvalue weighted by Crippen LogP contribution is -2.26. The zero-order valence-electron chi connectivity index (χ0n) is 15.5. The Kier molecular flexibility index (Phi) is 5.22. The van der Waals surface area contributed by atoms with Crippen molar-refractivity contribution in [2.45, 2.75) is 18.9 Å². The van der Waals surface area contributed by atoms with Gasteiger partial charge < -0.3 is 14.8 Å². The van der Waals surface area contributed by atoms with Crippen LogP contribution in [0.25, 0.3) is 10.9 Å². The van der Waals surface area contributed by atoms with Crippen molar-refractivity contribution in [2.75, 3.05) is 18.5 Å². The van der Waals surface area contributed by atoms with Crippen molar-refractivity contribution in [3.63, 3.8) is 0 Å². The molecule has 0 atom stereocenters. The summed E-state index contributed by atoms with van der Waals surface area (Å²) in [5.74, 6) is 3.22. The van der Waals surface area contributed by atoms with E-state index in [1.807, 2.05) is 18.2 Å². The maximum absolute atomic E-state index is 11.7. The molecule has 0 bridgehead atoms. The molecule has 1 saturated heterocycles. The van der Waals surface area contributed by atoms with Gasteiger partial charge in [0.15, 0.2) is 5.75 Å². The van der Waals surface area contributed by atoms with E-state index < -0.39 is 4.92 Å². The van der Waals surface area contributed by atoms with Crippen LogP contribution in [0.3, 0.4) is 0 Å². The van der Waals surface area contributed by atoms with Gasteiger partial charge in [-0.15, -0.1) is 6.42 Å². The molecular formula is C21H18N4O4. The maximum atomic E-state index is 11.7. The third kappa shape index (κ3) is 4.10. The SMILES string of the molecule is C#Cc1cccc(Nc2ncnc3cc(OC4CCOCC4)c([N+](=O)[O-])cc23)c1. The van der Waals surface area contributed by atoms with E-state index in [4.69, 9.17) is 15.9 Å². The summed E-state index contributed by atoms with van der Waals surface area (Å²) >= 11 is 0. The number of fused-ring (bicyclic) bond motifs is 1. The van der Waals surface area contributed by atoms with Crippen molar-refractivity contribution in [1.29, 1.82) is 0 Å². The Morgan fingerprint density at radius 1 is 1.24 bits per heavy atom. The van der Waals surface area contributed by atoms with Crippen LogP contribution in [0.4, 0.5) is 17.2 Å². The summed E-state index contributed by atoms with van der Waals surface area (Å²) in [5.41, 5.74) is 1.86. The van der Waals surface area contributed by atoms with Crippen molar-refractivity contribution in [2.24, 2.45) is 0 Å². The van der Waals surface area contributed by atoms with Gasteiger partial charge in [-0.25, -0.2) is 9.97 Å². The van der Waals surface area contributed by atoms with Gasteiger partial charge in [-0.1, -0.05) is 12.0 Å². The molecule has 1 N–H and O–H groups in total. The summed E-state index contributed by atoms with van der Waals surface area (Å²) in [6.07, 6.45) is 8.12. The first kappa shape index (κ1) is 18.7. The largest absolute Gasteiger partial charge is 0.483 e. The monoisotopic (exact) mass is 390 g/mol. The van der Waals surface area contributed by atoms with E-state index in [0.29, 0.717) is 48.3 Å². The van der Waals surface area contributed by atoms with Crippen LogP contribution in [-0.2, 0) is 4.74 Å². The minimum Gasteiger partial charge on any atom is -0.483 e. The third-order valence-electron chi connectivity index (χ3n) is 4.67. The molecule has 1 aliphatic heterocycles. The van der Waals surface area contributed by atoms with E-state index in [1.54, 1.807) is 12.1 Å². The molecule has 0 saturated carbocycles. The van der Waals surface area contributed by atoms with E-state index in [0.717, 1.165) is 5.69 Å². The van der Waals surface area contributed by atoms with Gasteiger partial charge in [0, 0.05) is 36.2 Å². The van der Waals surface area contributed by atoms with Crippen LogP contribution in [0.2, 0.25) is 0 Å². The second kappa shape index (κ2) is 8.12. The summed E-state index contributed by atoms with van der Waals surface area (Å²) in [6.45, 7) is 1.16. The molecule has 146 valence electrons. The Labute approximate surface area is 167 Å². The van der Waals surface area contributed by atoms with Gasteiger partial charge in [0.1, 0.15) is 18.2 Å². The molecular weight excluding hydrogens is 372 g/mol. The highest BCUT2D eigenvalue weighted by Crippen LogP contribution is 2.36. The van der Waals surface area contributed by atoms with E-state index >= 15 is 0 Å². The molecule has 0 unspecified atom stereocenters. The van der Waals surface area contributed by atoms with Crippen LogP contribution in [0.1, 0.15) is 18.4 Å². The molecule has 2 aromatic carbocycles. The molecule has 3 aromatic rings. The Bertz CT molecular complexity index is 1100. The first-order chi connectivity index (χ1) is 14.1. The van der Waals surface area contributed by atoms with Crippen molar-refractivity contribution in [3.8, 4) is 18.1 Å². The van der Waals surface area contributed by atoms with E-state index in [1.165, 1.54) is 12.4 Å². The predicted molar refractivity (Wildman–Crippen MR) is 108 cm³/mol. The molecule has 0 radical (unpaired) electrons. The molecule has 1 fully saturated rings. The molecule has 0 spiro atoms. The average Bonchev–Trinajstić information content (AvgIpc) is 2.74. The summed E-state index contributed by atoms with van der Waals surface area (Å²) in [5, 5.41) is 15.4. The maximum Gasteiger partial charge on any atom is 0.311 e. The van der Waals surface area contributed by atoms with E-state index in [-0.39, 0.29) is 17.5 Å². The van der Waals surface area contributed by atoms with Crippen molar-refractivity contribution >= 4 is 28.1 Å². The molecule has 1 aliphatic rings. The normalized spacial score (nSPS) is 14.3. The average molecular weight is 390 g/mol. The van der Waals surface area contributed by atoms with Crippen LogP contribution in [-0.4, -0.2) is 34.2 Å². The number of nitro benzene ring substituents is 1. The third-order valence-corrected chi connectivity index (χ3v) is 4.67. The number of benzene rings is 2. The Morgan fingerprint density at radius 2 is 2.07 bits per heavy atom. The van der Waals surface area contributed by atoms with E-state index in [9.17, 15) is 10.1 Å². The minimum atomic E-state index is -0.455. The smallest absolute Gasteiger partial charge is 0.311 e. The summed E-state index contributed by atoms with van der Waals surface area (Å²) in [4.78, 5) is 19.7. The molecule has 0 aliphatic carbocycles. The fraction of sp³-hybridized carbons (Fsp3) is 0.238. The molecule has 8 heteroatoms. The standard InChI is InChI=1S/C21H18N4O4/c1-2-14-4-3-5-15(10-14)24-21-17-11-19(25(26)27)20(12-18(17)22-13-23-21)29-16-6-8-28-9-7-16/h1,3-5,10-13,16H,6-9H2,(H,22,23,24). The Balaban J connectivity index is 1.72. The molecule has 29 heavy (non-hydrogen) atoms. The highest BCUT2D eigenvalue weighted by Gasteiger charge is 2.23. The number of nitro groups is 1. The number of hydrogen-bond acceptors (Lipinski definition) is 7. The summed E-state index contributed by atoms with van der Waals surface area (Å²) < 4.78 is 11.2. The van der Waals surface area contributed by atoms with Crippen LogP contribution < -0.4 is 10.1 Å². The van der Waals surface area contributed by atoms with Gasteiger partial charge in [-0.3, -0.25) is 10.1 Å². The molecule has 8 nitrogen and oxygen atoms in total. The zero-order valence-corrected chi connectivity index (χ0v) is 15.5. The van der Waals surface area contributed by atoms with Gasteiger partial charge in [0.05, 0.1) is 29.0 Å². The van der Waals surface area contributed by atoms with Crippen molar-refractivity contribution in [3.05, 3.63) is 58.4 Å². The lowest BCUT2D eigenvalue weighted by molar-refractivity contribution is -0.386. The first-order valence-corrected chi connectivity index (χ1v) is 9.15. The quantitative estimate of drug-likeness (QED) is 0.402. The number of rotatable bonds is 5. The van der Waals surface area contributed by atoms with Crippen LogP contribution in [0.15, 0.2) is 42.7 Å². The summed E-state index contributed by atoms with van der Waals surface area (Å²) in [6, 6.07) is 10.3. The van der Waals surface area contributed by atoms with Crippen LogP contribution in [0, 0.1) is 22.5 Å². The van der Waals surface area contributed by atoms with Gasteiger partial charge in [-0.05, 0) is 18.2 Å². The van der Waals surface area contributed by atoms with Crippen molar-refractivity contribution < 1.29 is 14.4 Å². The van der Waals surface area contributed by atoms with Gasteiger partial charge in [0.2, 0.25) is 0 Å². The molecule has 0 amide bonds. The number of nitrogens with zero attached hydrogens (tertiary/aromatic N) is 3. The summed E-state index contributed by atoms with van der Waals surface area (Å²) in [7, 11) is 0. The van der Waals surface area contributed by atoms with Crippen LogP contribution >= 0.6 is 0 Å². The molecule has 2 heterocycles. The second-order valence-electron chi connectivity index (χ2n) is 6.60. The van der Waals surface area contributed by atoms with Gasteiger partial charge in [-0.2, -0.15) is 0 Å². The number of anilines is 2. The Hall–Kier alpha value is -3.70. The fourth-order valence-electron chi connectivity index (χ4n) is 3.21. The van der Waals surface area contributed by atoms with Gasteiger partial charge >= 0.3 is 5.69 Å². The Morgan fingerprint density at radius 3 is 2.83 bits per heavy atom. The fourth-order valence-corrected chi connectivity index (χ4v) is 3.21. The number of terminal acetylenes is 1. The highest BCUT2D eigenvalue weighted by molar-refractivity contribution is 5.93. The lowest BCUT2D eigenvalue weighted by atomic mass is 10.1. The topological polar surface area (TPSA) is 99.4 Å². The highest BCUT2D eigenvalue weighted by atomic mass is 16.6. The lowest BCUT2D eigenvalue weighted by Gasteiger charge is -2.23. The molecule has 1 aromatic heterocycles. The van der Waals surface area contributed by atoms with Crippen LogP contribution in [0.5, 0.6) is 5.75 Å². The number of aromatic nitrogens is 2. The van der Waals surface area contributed by atoms with Crippen molar-refractivity contribution in [1.82, 2.24) is 9.97 Å². The number of ether oxygens (including phenoxy) is 2. The number of nitrogens with one attached hydrogen (secondary N) is 1. The van der Waals surface area contributed by atoms with E-state index in [2.05, 4.69) is 21.2 Å². The van der Waals surface area contributed by atoms with Gasteiger partial charge in [0.25, 0.3) is 0 Å². The first-order valence-electron chi connectivity index (χ1n) is 9.15. The minimum absolute atomic E-state index is 0.120. The second-order valence-corrected chi connectivity index (χ2v) is 6.60. The molecule has 4 rings (SSSR count).